The van der Waals surface area contributed by atoms with Crippen LogP contribution in [0.2, 0.25) is 0 Å². The molecule has 0 rings (SSSR count). The highest BCUT2D eigenvalue weighted by Gasteiger charge is 2.30. The first-order valence-electron chi connectivity index (χ1n) is 42.0. The van der Waals surface area contributed by atoms with Gasteiger partial charge in [-0.2, -0.15) is 0 Å². The molecule has 0 fully saturated rings. The van der Waals surface area contributed by atoms with Gasteiger partial charge in [0.15, 0.2) is 12.2 Å². The lowest BCUT2D eigenvalue weighted by molar-refractivity contribution is -0.161. The van der Waals surface area contributed by atoms with E-state index in [1.165, 1.54) is 70.6 Å². The Bertz CT molecular complexity index is 2800. The summed E-state index contributed by atoms with van der Waals surface area (Å²) in [6.45, 7) is 4.46. The zero-order valence-corrected chi connectivity index (χ0v) is 70.1. The molecule has 5 atom stereocenters. The van der Waals surface area contributed by atoms with E-state index in [9.17, 15) is 43.2 Å². The highest BCUT2D eigenvalue weighted by molar-refractivity contribution is 7.47. The average Bonchev–Trinajstić information content (AvgIpc) is 0.900. The smallest absolute Gasteiger partial charge is 0.462 e. The third kappa shape index (κ3) is 80.2. The summed E-state index contributed by atoms with van der Waals surface area (Å²) in [6.07, 6.45) is 98.7. The van der Waals surface area contributed by atoms with Crippen molar-refractivity contribution in [2.75, 3.05) is 39.6 Å². The monoisotopic (exact) mass is 1580 g/mol. The third-order valence-corrected chi connectivity index (χ3v) is 18.8. The lowest BCUT2D eigenvalue weighted by Crippen LogP contribution is -2.30. The van der Waals surface area contributed by atoms with E-state index in [4.69, 9.17) is 37.0 Å². The Kier molecular flexibility index (Phi) is 76.9. The van der Waals surface area contributed by atoms with Gasteiger partial charge in [-0.05, 0) is 154 Å². The van der Waals surface area contributed by atoms with E-state index in [1.54, 1.807) is 0 Å². The first kappa shape index (κ1) is 104. The van der Waals surface area contributed by atoms with Crippen molar-refractivity contribution in [1.82, 2.24) is 0 Å². The number of hydrogen-bond donors (Lipinski definition) is 3. The van der Waals surface area contributed by atoms with Gasteiger partial charge in [0.1, 0.15) is 19.3 Å². The van der Waals surface area contributed by atoms with Crippen molar-refractivity contribution in [3.8, 4) is 0 Å². The summed E-state index contributed by atoms with van der Waals surface area (Å²) in [5.74, 6) is -2.35. The summed E-state index contributed by atoms with van der Waals surface area (Å²) >= 11 is 0. The van der Waals surface area contributed by atoms with Gasteiger partial charge in [0.2, 0.25) is 0 Å². The largest absolute Gasteiger partial charge is 0.472 e. The molecule has 0 aliphatic heterocycles. The molecule has 0 saturated heterocycles. The van der Waals surface area contributed by atoms with E-state index in [1.807, 2.05) is 12.2 Å². The fraction of sp³-hybridized carbons (Fsp3) is 0.626. The number of phosphoric acid groups is 2. The highest BCUT2D eigenvalue weighted by atomic mass is 31.2. The first-order chi connectivity index (χ1) is 53.7. The summed E-state index contributed by atoms with van der Waals surface area (Å²) in [6, 6.07) is 0. The van der Waals surface area contributed by atoms with Gasteiger partial charge in [0.05, 0.1) is 26.4 Å². The van der Waals surface area contributed by atoms with Gasteiger partial charge in [-0.3, -0.25) is 37.3 Å². The number of carbonyl (C=O) groups excluding carboxylic acids is 4. The van der Waals surface area contributed by atoms with E-state index in [2.05, 4.69) is 198 Å². The molecule has 0 aromatic rings. The van der Waals surface area contributed by atoms with Gasteiger partial charge >= 0.3 is 39.5 Å². The van der Waals surface area contributed by atoms with Crippen LogP contribution in [-0.2, 0) is 65.4 Å². The quantitative estimate of drug-likeness (QED) is 0.0169. The maximum atomic E-state index is 13.1. The second kappa shape index (κ2) is 81.2. The molecule has 0 heterocycles. The number of aliphatic hydroxyl groups excluding tert-OH is 1. The van der Waals surface area contributed by atoms with Gasteiger partial charge in [-0.25, -0.2) is 9.13 Å². The highest BCUT2D eigenvalue weighted by Crippen LogP contribution is 2.45. The molecular weight excluding hydrogens is 1430 g/mol. The minimum Gasteiger partial charge on any atom is -0.462 e. The molecule has 0 amide bonds. The minimum atomic E-state index is -5.01. The summed E-state index contributed by atoms with van der Waals surface area (Å²) in [7, 11) is -10.0. The Balaban J connectivity index is 5.51. The molecule has 624 valence electrons. The van der Waals surface area contributed by atoms with Crippen molar-refractivity contribution in [2.24, 2.45) is 0 Å². The molecule has 0 radical (unpaired) electrons. The maximum Gasteiger partial charge on any atom is 0.472 e. The van der Waals surface area contributed by atoms with Crippen molar-refractivity contribution in [3.63, 3.8) is 0 Å². The Morgan fingerprint density at radius 3 is 0.800 bits per heavy atom. The summed E-state index contributed by atoms with van der Waals surface area (Å²) < 4.78 is 68.6. The van der Waals surface area contributed by atoms with Gasteiger partial charge in [0.25, 0.3) is 0 Å². The predicted octanol–water partition coefficient (Wildman–Crippen LogP) is 25.1. The lowest BCUT2D eigenvalue weighted by atomic mass is 10.0. The molecule has 0 aliphatic rings. The minimum absolute atomic E-state index is 0.0331. The summed E-state index contributed by atoms with van der Waals surface area (Å²) in [5.41, 5.74) is 0. The van der Waals surface area contributed by atoms with Gasteiger partial charge in [0, 0.05) is 25.7 Å². The Labute approximate surface area is 666 Å². The molecule has 0 bridgehead atoms. The molecule has 19 heteroatoms. The van der Waals surface area contributed by atoms with E-state index in [0.29, 0.717) is 32.1 Å². The van der Waals surface area contributed by atoms with Gasteiger partial charge in [-0.15, -0.1) is 0 Å². The molecule has 0 spiro atoms. The third-order valence-electron chi connectivity index (χ3n) is 16.9. The normalized spacial score (nSPS) is 14.7. The summed E-state index contributed by atoms with van der Waals surface area (Å²) in [5, 5.41) is 10.7. The molecule has 17 nitrogen and oxygen atoms in total. The number of esters is 4. The van der Waals surface area contributed by atoms with Crippen LogP contribution in [0.5, 0.6) is 0 Å². The zero-order valence-electron chi connectivity index (χ0n) is 68.4. The number of hydrogen-bond acceptors (Lipinski definition) is 15. The lowest BCUT2D eigenvalue weighted by Gasteiger charge is -2.21. The van der Waals surface area contributed by atoms with E-state index < -0.39 is 97.5 Å². The second-order valence-electron chi connectivity index (χ2n) is 27.3. The SMILES string of the molecule is CC/C=C\C/C=C\C/C=C\C/C=C\C/C=C\CCCCCC(=O)OC[C@H](COP(=O)(O)OC[C@@H](O)COP(=O)(O)OC[C@@H](COC(=O)CC/C=C\C/C=C\C/C=C\C/C=C\C/C=C\CCCCC)OC(=O)CCCCCCCCCCCCCCC)OC(=O)CCCCC/C=C\C/C=C\C/C=C\C/C=C\C/C=C\CC. The molecule has 3 N–H and O–H groups in total. The maximum absolute atomic E-state index is 13.1. The molecule has 2 unspecified atom stereocenters. The standard InChI is InChI=1S/C91H148O17P2/c1-5-9-13-17-21-25-29-33-36-39-42-45-48-52-55-59-63-67-71-75-88(93)101-81-86(107-90(95)77-73-69-65-61-57-51-32-28-24-20-16-12-8-4)83-105-109(97,98)103-79-85(92)80-104-110(99,100)106-84-87(108-91(96)78-74-70-66-62-58-54-50-47-44-41-38-35-31-27-23-19-15-11-7-3)82-102-89(94)76-72-68-64-60-56-53-49-46-43-40-37-34-30-26-22-18-14-10-6-2/h10-11,14-15,21-23,25-27,33-38,42-47,52-56,58,63,67,85-87,92H,5-9,12-13,16-20,24,28-32,39-41,48-51,57,59-62,64-66,68-84H2,1-4H3,(H,97,98)(H,99,100)/b14-10-,15-11-,25-21-,26-22-,27-23-,36-33-,37-34-,38-35-,45-42-,46-43-,47-44-,55-52-,56-53-,58-54-,67-63-/t85-,86+,87+/m0/s1. The second-order valence-corrected chi connectivity index (χ2v) is 30.2. The van der Waals surface area contributed by atoms with Crippen LogP contribution in [0.25, 0.3) is 0 Å². The van der Waals surface area contributed by atoms with Crippen LogP contribution >= 0.6 is 15.6 Å². The Morgan fingerprint density at radius 2 is 0.491 bits per heavy atom. The predicted molar refractivity (Wildman–Crippen MR) is 454 cm³/mol. The first-order valence-corrected chi connectivity index (χ1v) is 45.0. The number of carbonyl (C=O) groups is 4. The van der Waals surface area contributed by atoms with Crippen LogP contribution < -0.4 is 0 Å². The van der Waals surface area contributed by atoms with E-state index in [0.717, 1.165) is 154 Å². The van der Waals surface area contributed by atoms with Crippen molar-refractivity contribution in [1.29, 1.82) is 0 Å². The molecule has 0 aromatic heterocycles. The number of unbranched alkanes of at least 4 members (excludes halogenated alkanes) is 21. The van der Waals surface area contributed by atoms with Crippen molar-refractivity contribution in [2.45, 2.75) is 329 Å². The van der Waals surface area contributed by atoms with Crippen molar-refractivity contribution in [3.05, 3.63) is 182 Å². The van der Waals surface area contributed by atoms with Crippen LogP contribution in [0.4, 0.5) is 0 Å². The average molecular weight is 1580 g/mol. The number of rotatable bonds is 77. The number of ether oxygens (including phenoxy) is 4. The summed E-state index contributed by atoms with van der Waals surface area (Å²) in [4.78, 5) is 73.2. The van der Waals surface area contributed by atoms with Crippen molar-refractivity contribution >= 4 is 39.5 Å². The Hall–Kier alpha value is -5.84. The molecule has 0 aromatic carbocycles. The van der Waals surface area contributed by atoms with E-state index in [-0.39, 0.29) is 25.7 Å². The molecule has 0 aliphatic carbocycles. The number of allylic oxidation sites excluding steroid dienone is 30. The fourth-order valence-electron chi connectivity index (χ4n) is 10.5. The zero-order chi connectivity index (χ0) is 80.3. The number of aliphatic hydroxyl groups is 1. The van der Waals surface area contributed by atoms with Crippen LogP contribution in [0.1, 0.15) is 310 Å². The van der Waals surface area contributed by atoms with Crippen LogP contribution in [-0.4, -0.2) is 96.7 Å². The van der Waals surface area contributed by atoms with Crippen molar-refractivity contribution < 1.29 is 80.2 Å². The molecule has 110 heavy (non-hydrogen) atoms. The van der Waals surface area contributed by atoms with Crippen LogP contribution in [0.15, 0.2) is 182 Å². The molecule has 0 saturated carbocycles. The fourth-order valence-corrected chi connectivity index (χ4v) is 12.1. The number of phosphoric ester groups is 2. The molecular formula is C91H148O17P2. The van der Waals surface area contributed by atoms with Gasteiger partial charge in [-0.1, -0.05) is 313 Å². The van der Waals surface area contributed by atoms with E-state index >= 15 is 0 Å². The Morgan fingerprint density at radius 1 is 0.264 bits per heavy atom. The van der Waals surface area contributed by atoms with Crippen LogP contribution in [0, 0.1) is 0 Å². The van der Waals surface area contributed by atoms with Gasteiger partial charge < -0.3 is 33.8 Å². The van der Waals surface area contributed by atoms with Crippen LogP contribution in [0.3, 0.4) is 0 Å². The topological polar surface area (TPSA) is 237 Å².